The summed E-state index contributed by atoms with van der Waals surface area (Å²) in [5.41, 5.74) is 2.41. The first-order valence-corrected chi connectivity index (χ1v) is 8.15. The third kappa shape index (κ3) is 3.42. The van der Waals surface area contributed by atoms with E-state index in [0.29, 0.717) is 19.5 Å². The van der Waals surface area contributed by atoms with Crippen molar-refractivity contribution in [2.45, 2.75) is 45.8 Å². The summed E-state index contributed by atoms with van der Waals surface area (Å²) < 4.78 is 5.42. The molecule has 1 saturated heterocycles. The van der Waals surface area contributed by atoms with Gasteiger partial charge in [0, 0.05) is 18.8 Å². The number of ether oxygens (including phenoxy) is 1. The molecule has 0 saturated carbocycles. The third-order valence-corrected chi connectivity index (χ3v) is 4.15. The van der Waals surface area contributed by atoms with Crippen LogP contribution in [-0.2, 0) is 27.3 Å². The van der Waals surface area contributed by atoms with Gasteiger partial charge in [-0.15, -0.1) is 0 Å². The largest absolute Gasteiger partial charge is 0.444 e. The van der Waals surface area contributed by atoms with Gasteiger partial charge in [-0.3, -0.25) is 9.59 Å². The molecule has 0 unspecified atom stereocenters. The molecule has 0 spiro atoms. The lowest BCUT2D eigenvalue weighted by Gasteiger charge is -2.31. The molecule has 0 aliphatic carbocycles. The van der Waals surface area contributed by atoms with Crippen LogP contribution in [0.3, 0.4) is 0 Å². The van der Waals surface area contributed by atoms with E-state index in [1.807, 2.05) is 39.0 Å². The molecule has 0 N–H and O–H groups in total. The van der Waals surface area contributed by atoms with Crippen LogP contribution in [0.2, 0.25) is 0 Å². The Hall–Kier alpha value is -2.37. The molecule has 2 aliphatic heterocycles. The summed E-state index contributed by atoms with van der Waals surface area (Å²) >= 11 is 0. The van der Waals surface area contributed by atoms with Crippen LogP contribution in [0.5, 0.6) is 0 Å². The average molecular weight is 330 g/mol. The van der Waals surface area contributed by atoms with Crippen molar-refractivity contribution in [1.29, 1.82) is 0 Å². The van der Waals surface area contributed by atoms with E-state index in [-0.39, 0.29) is 30.7 Å². The monoisotopic (exact) mass is 330 g/mol. The Morgan fingerprint density at radius 3 is 2.50 bits per heavy atom. The predicted octanol–water partition coefficient (Wildman–Crippen LogP) is 2.29. The molecule has 0 aromatic heterocycles. The molecular formula is C18H22N2O4. The van der Waals surface area contributed by atoms with E-state index in [0.717, 1.165) is 16.8 Å². The van der Waals surface area contributed by atoms with Gasteiger partial charge in [0.2, 0.25) is 5.91 Å². The molecule has 1 aromatic rings. The first-order valence-electron chi connectivity index (χ1n) is 8.15. The third-order valence-electron chi connectivity index (χ3n) is 4.15. The van der Waals surface area contributed by atoms with Crippen LogP contribution in [-0.4, -0.2) is 41.4 Å². The molecular weight excluding hydrogens is 308 g/mol. The van der Waals surface area contributed by atoms with E-state index in [4.69, 9.17) is 4.74 Å². The first-order chi connectivity index (χ1) is 11.2. The summed E-state index contributed by atoms with van der Waals surface area (Å²) in [6.07, 6.45) is 0.388. The number of amides is 2. The van der Waals surface area contributed by atoms with Gasteiger partial charge in [0.1, 0.15) is 5.60 Å². The van der Waals surface area contributed by atoms with Gasteiger partial charge in [-0.1, -0.05) is 6.07 Å². The minimum Gasteiger partial charge on any atom is -0.444 e. The fourth-order valence-electron chi connectivity index (χ4n) is 3.01. The molecule has 0 radical (unpaired) electrons. The zero-order valence-corrected chi connectivity index (χ0v) is 14.3. The zero-order valence-electron chi connectivity index (χ0n) is 14.3. The van der Waals surface area contributed by atoms with Gasteiger partial charge in [0.05, 0.1) is 13.0 Å². The van der Waals surface area contributed by atoms with Crippen LogP contribution >= 0.6 is 0 Å². The maximum atomic E-state index is 12.2. The van der Waals surface area contributed by atoms with Crippen molar-refractivity contribution in [2.24, 2.45) is 0 Å². The Kier molecular flexibility index (Phi) is 4.07. The highest BCUT2D eigenvalue weighted by Crippen LogP contribution is 2.27. The molecule has 6 nitrogen and oxygen atoms in total. The van der Waals surface area contributed by atoms with E-state index in [2.05, 4.69) is 0 Å². The van der Waals surface area contributed by atoms with Crippen LogP contribution in [0.1, 0.15) is 38.3 Å². The lowest BCUT2D eigenvalue weighted by molar-refractivity contribution is -0.121. The standard InChI is InChI=1S/C18H22N2O4/c1-18(2,3)24-17(23)19-7-6-12-8-14(5-4-13(12)10-19)20-11-15(21)9-16(20)22/h4-5,8H,6-7,9-11H2,1-3H3. The fourth-order valence-corrected chi connectivity index (χ4v) is 3.01. The van der Waals surface area contributed by atoms with Gasteiger partial charge in [0.15, 0.2) is 5.78 Å². The van der Waals surface area contributed by atoms with Crippen molar-refractivity contribution in [1.82, 2.24) is 4.90 Å². The number of benzene rings is 1. The van der Waals surface area contributed by atoms with Crippen LogP contribution in [0.25, 0.3) is 0 Å². The van der Waals surface area contributed by atoms with Gasteiger partial charge in [-0.2, -0.15) is 0 Å². The highest BCUT2D eigenvalue weighted by molar-refractivity contribution is 6.15. The molecule has 0 bridgehead atoms. The number of rotatable bonds is 1. The summed E-state index contributed by atoms with van der Waals surface area (Å²) in [4.78, 5) is 38.7. The summed E-state index contributed by atoms with van der Waals surface area (Å²) in [6.45, 7) is 6.79. The Morgan fingerprint density at radius 1 is 1.12 bits per heavy atom. The quantitative estimate of drug-likeness (QED) is 0.741. The second kappa shape index (κ2) is 5.92. The van der Waals surface area contributed by atoms with Crippen LogP contribution < -0.4 is 4.90 Å². The van der Waals surface area contributed by atoms with Crippen molar-refractivity contribution >= 4 is 23.5 Å². The topological polar surface area (TPSA) is 66.9 Å². The van der Waals surface area contributed by atoms with Crippen LogP contribution in [0, 0.1) is 0 Å². The number of hydrogen-bond donors (Lipinski definition) is 0. The number of nitrogens with zero attached hydrogens (tertiary/aromatic N) is 2. The Bertz CT molecular complexity index is 705. The Balaban J connectivity index is 1.74. The van der Waals surface area contributed by atoms with Gasteiger partial charge in [0.25, 0.3) is 0 Å². The number of fused-ring (bicyclic) bond motifs is 1. The zero-order chi connectivity index (χ0) is 17.5. The molecule has 6 heteroatoms. The maximum Gasteiger partial charge on any atom is 0.410 e. The smallest absolute Gasteiger partial charge is 0.410 e. The van der Waals surface area contributed by atoms with E-state index in [1.165, 1.54) is 4.90 Å². The van der Waals surface area contributed by atoms with Crippen molar-refractivity contribution in [3.63, 3.8) is 0 Å². The van der Waals surface area contributed by atoms with Crippen molar-refractivity contribution in [3.8, 4) is 0 Å². The SMILES string of the molecule is CC(C)(C)OC(=O)N1CCc2cc(N3CC(=O)CC3=O)ccc2C1. The van der Waals surface area contributed by atoms with Gasteiger partial charge >= 0.3 is 6.09 Å². The van der Waals surface area contributed by atoms with Crippen molar-refractivity contribution in [3.05, 3.63) is 29.3 Å². The Morgan fingerprint density at radius 2 is 1.88 bits per heavy atom. The maximum absolute atomic E-state index is 12.2. The van der Waals surface area contributed by atoms with E-state index in [9.17, 15) is 14.4 Å². The van der Waals surface area contributed by atoms with Gasteiger partial charge < -0.3 is 14.5 Å². The average Bonchev–Trinajstić information content (AvgIpc) is 2.83. The van der Waals surface area contributed by atoms with Crippen LogP contribution in [0.4, 0.5) is 10.5 Å². The minimum absolute atomic E-state index is 0.0104. The predicted molar refractivity (Wildman–Crippen MR) is 88.8 cm³/mol. The summed E-state index contributed by atoms with van der Waals surface area (Å²) in [5.74, 6) is -0.194. The molecule has 128 valence electrons. The number of anilines is 1. The van der Waals surface area contributed by atoms with Crippen molar-refractivity contribution < 1.29 is 19.1 Å². The Labute approximate surface area is 141 Å². The number of ketones is 1. The molecule has 3 rings (SSSR count). The van der Waals surface area contributed by atoms with Gasteiger partial charge in [-0.25, -0.2) is 4.79 Å². The van der Waals surface area contributed by atoms with Gasteiger partial charge in [-0.05, 0) is 50.5 Å². The lowest BCUT2D eigenvalue weighted by atomic mass is 9.99. The first kappa shape index (κ1) is 16.5. The summed E-state index contributed by atoms with van der Waals surface area (Å²) in [5, 5.41) is 0. The molecule has 1 aromatic carbocycles. The second-order valence-electron chi connectivity index (χ2n) is 7.30. The highest BCUT2D eigenvalue weighted by Gasteiger charge is 2.30. The molecule has 2 aliphatic rings. The van der Waals surface area contributed by atoms with E-state index in [1.54, 1.807) is 4.90 Å². The van der Waals surface area contributed by atoms with E-state index < -0.39 is 5.60 Å². The van der Waals surface area contributed by atoms with Crippen molar-refractivity contribution in [2.75, 3.05) is 18.0 Å². The highest BCUT2D eigenvalue weighted by atomic mass is 16.6. The second-order valence-corrected chi connectivity index (χ2v) is 7.30. The summed E-state index contributed by atoms with van der Waals surface area (Å²) in [6, 6.07) is 5.73. The molecule has 0 atom stereocenters. The molecule has 1 fully saturated rings. The lowest BCUT2D eigenvalue weighted by Crippen LogP contribution is -2.40. The molecule has 2 heterocycles. The van der Waals surface area contributed by atoms with Crippen LogP contribution in [0.15, 0.2) is 18.2 Å². The number of Topliss-reactive ketones (excluding diaryl/α,β-unsaturated/α-hetero) is 1. The number of carbonyl (C=O) groups excluding carboxylic acids is 3. The fraction of sp³-hybridized carbons (Fsp3) is 0.500. The number of hydrogen-bond acceptors (Lipinski definition) is 4. The minimum atomic E-state index is -0.510. The normalized spacial score (nSPS) is 18.0. The molecule has 2 amide bonds. The number of carbonyl (C=O) groups is 3. The van der Waals surface area contributed by atoms with E-state index >= 15 is 0 Å². The molecule has 24 heavy (non-hydrogen) atoms. The summed E-state index contributed by atoms with van der Waals surface area (Å²) in [7, 11) is 0.